The lowest BCUT2D eigenvalue weighted by molar-refractivity contribution is -0.142. The summed E-state index contributed by atoms with van der Waals surface area (Å²) in [6, 6.07) is 13.0. The second-order valence-corrected chi connectivity index (χ2v) is 6.77. The van der Waals surface area contributed by atoms with E-state index in [1.165, 1.54) is 5.56 Å². The highest BCUT2D eigenvalue weighted by molar-refractivity contribution is 5.87. The third kappa shape index (κ3) is 5.33. The third-order valence-electron chi connectivity index (χ3n) is 4.86. The topological polar surface area (TPSA) is 58.6 Å². The predicted molar refractivity (Wildman–Crippen MR) is 107 cm³/mol. The summed E-state index contributed by atoms with van der Waals surface area (Å²) in [4.78, 5) is 26.6. The molecule has 2 amide bonds. The van der Waals surface area contributed by atoms with E-state index in [0.29, 0.717) is 12.3 Å². The molecule has 27 heavy (non-hydrogen) atoms. The summed E-state index contributed by atoms with van der Waals surface area (Å²) in [5.74, 6) is 0.214. The Kier molecular flexibility index (Phi) is 6.99. The van der Waals surface area contributed by atoms with Crippen molar-refractivity contribution >= 4 is 11.8 Å². The van der Waals surface area contributed by atoms with E-state index in [9.17, 15) is 9.59 Å². The SMILES string of the molecule is CNC(=O)C(C)N(Cc1ccccc1C)C(=O)COc1ccc(C)c(C)c1. The number of likely N-dealkylation sites (N-methyl/N-ethyl adjacent to an activating group) is 1. The zero-order valence-electron chi connectivity index (χ0n) is 16.7. The molecule has 0 aromatic heterocycles. The summed E-state index contributed by atoms with van der Waals surface area (Å²) < 4.78 is 5.69. The van der Waals surface area contributed by atoms with Crippen molar-refractivity contribution in [2.24, 2.45) is 0 Å². The van der Waals surface area contributed by atoms with Gasteiger partial charge in [-0.1, -0.05) is 30.3 Å². The first-order chi connectivity index (χ1) is 12.8. The van der Waals surface area contributed by atoms with Gasteiger partial charge in [0.1, 0.15) is 11.8 Å². The molecule has 0 saturated heterocycles. The van der Waals surface area contributed by atoms with Gasteiger partial charge in [-0.05, 0) is 62.1 Å². The predicted octanol–water partition coefficient (Wildman–Crippen LogP) is 3.15. The number of amides is 2. The minimum atomic E-state index is -0.592. The molecule has 0 aliphatic carbocycles. The highest BCUT2D eigenvalue weighted by Gasteiger charge is 2.26. The molecular weight excluding hydrogens is 340 g/mol. The van der Waals surface area contributed by atoms with E-state index in [-0.39, 0.29) is 18.4 Å². The van der Waals surface area contributed by atoms with Crippen LogP contribution in [0.3, 0.4) is 0 Å². The standard InChI is InChI=1S/C22H28N2O3/c1-15-10-11-20(12-17(15)3)27-14-21(25)24(18(4)22(26)23-5)13-19-9-7-6-8-16(19)2/h6-12,18H,13-14H2,1-5H3,(H,23,26). The smallest absolute Gasteiger partial charge is 0.261 e. The van der Waals surface area contributed by atoms with E-state index < -0.39 is 6.04 Å². The molecule has 1 N–H and O–H groups in total. The lowest BCUT2D eigenvalue weighted by Gasteiger charge is -2.29. The molecule has 144 valence electrons. The zero-order valence-corrected chi connectivity index (χ0v) is 16.7. The number of carbonyl (C=O) groups excluding carboxylic acids is 2. The zero-order chi connectivity index (χ0) is 20.0. The Bertz CT molecular complexity index is 817. The van der Waals surface area contributed by atoms with E-state index in [2.05, 4.69) is 5.32 Å². The molecule has 1 unspecified atom stereocenters. The molecule has 5 nitrogen and oxygen atoms in total. The summed E-state index contributed by atoms with van der Waals surface area (Å²) in [6.45, 7) is 7.99. The molecule has 0 heterocycles. The molecule has 0 aliphatic rings. The average Bonchev–Trinajstić information content (AvgIpc) is 2.66. The van der Waals surface area contributed by atoms with Crippen LogP contribution in [-0.4, -0.2) is 36.4 Å². The van der Waals surface area contributed by atoms with Crippen LogP contribution in [0.2, 0.25) is 0 Å². The minimum absolute atomic E-state index is 0.115. The van der Waals surface area contributed by atoms with E-state index in [0.717, 1.165) is 16.7 Å². The van der Waals surface area contributed by atoms with Crippen LogP contribution in [0.5, 0.6) is 5.75 Å². The Labute approximate surface area is 161 Å². The number of benzene rings is 2. The maximum Gasteiger partial charge on any atom is 0.261 e. The lowest BCUT2D eigenvalue weighted by atomic mass is 10.1. The molecule has 2 rings (SSSR count). The number of ether oxygens (including phenoxy) is 1. The molecule has 5 heteroatoms. The molecular formula is C22H28N2O3. The van der Waals surface area contributed by atoms with Gasteiger partial charge in [0.2, 0.25) is 5.91 Å². The largest absolute Gasteiger partial charge is 0.484 e. The summed E-state index contributed by atoms with van der Waals surface area (Å²) >= 11 is 0. The maximum absolute atomic E-state index is 12.9. The van der Waals surface area contributed by atoms with Crippen LogP contribution in [0.1, 0.15) is 29.2 Å². The molecule has 2 aromatic carbocycles. The van der Waals surface area contributed by atoms with Crippen molar-refractivity contribution in [2.45, 2.75) is 40.3 Å². The van der Waals surface area contributed by atoms with Gasteiger partial charge in [-0.15, -0.1) is 0 Å². The van der Waals surface area contributed by atoms with Crippen molar-refractivity contribution in [3.63, 3.8) is 0 Å². The van der Waals surface area contributed by atoms with Crippen molar-refractivity contribution in [1.29, 1.82) is 0 Å². The Morgan fingerprint density at radius 3 is 2.37 bits per heavy atom. The second kappa shape index (κ2) is 9.21. The first-order valence-electron chi connectivity index (χ1n) is 9.09. The Morgan fingerprint density at radius 2 is 1.74 bits per heavy atom. The fraction of sp³-hybridized carbons (Fsp3) is 0.364. The first-order valence-corrected chi connectivity index (χ1v) is 9.09. The number of nitrogens with one attached hydrogen (secondary N) is 1. The van der Waals surface area contributed by atoms with Crippen LogP contribution in [-0.2, 0) is 16.1 Å². The molecule has 0 fully saturated rings. The number of rotatable bonds is 7. The quantitative estimate of drug-likeness (QED) is 0.817. The molecule has 0 bridgehead atoms. The van der Waals surface area contributed by atoms with Gasteiger partial charge in [-0.25, -0.2) is 0 Å². The van der Waals surface area contributed by atoms with E-state index >= 15 is 0 Å². The van der Waals surface area contributed by atoms with Crippen LogP contribution in [0, 0.1) is 20.8 Å². The number of hydrogen-bond donors (Lipinski definition) is 1. The van der Waals surface area contributed by atoms with Crippen molar-refractivity contribution in [3.8, 4) is 5.75 Å². The molecule has 2 aromatic rings. The lowest BCUT2D eigenvalue weighted by Crippen LogP contribution is -2.48. The summed E-state index contributed by atoms with van der Waals surface area (Å²) in [6.07, 6.45) is 0. The van der Waals surface area contributed by atoms with Gasteiger partial charge < -0.3 is 15.0 Å². The van der Waals surface area contributed by atoms with Gasteiger partial charge in [-0.2, -0.15) is 0 Å². The number of aryl methyl sites for hydroxylation is 3. The van der Waals surface area contributed by atoms with Gasteiger partial charge in [0.15, 0.2) is 6.61 Å². The molecule has 0 radical (unpaired) electrons. The normalized spacial score (nSPS) is 11.6. The van der Waals surface area contributed by atoms with Gasteiger partial charge in [0.25, 0.3) is 5.91 Å². The Balaban J connectivity index is 2.16. The van der Waals surface area contributed by atoms with Crippen molar-refractivity contribution in [2.75, 3.05) is 13.7 Å². The molecule has 1 atom stereocenters. The van der Waals surface area contributed by atoms with Crippen LogP contribution < -0.4 is 10.1 Å². The van der Waals surface area contributed by atoms with Gasteiger partial charge >= 0.3 is 0 Å². The van der Waals surface area contributed by atoms with E-state index in [4.69, 9.17) is 4.74 Å². The summed E-state index contributed by atoms with van der Waals surface area (Å²) in [7, 11) is 1.57. The number of hydrogen-bond acceptors (Lipinski definition) is 3. The highest BCUT2D eigenvalue weighted by Crippen LogP contribution is 2.18. The summed E-state index contributed by atoms with van der Waals surface area (Å²) in [5, 5.41) is 2.61. The van der Waals surface area contributed by atoms with E-state index in [1.807, 2.05) is 63.2 Å². The number of carbonyl (C=O) groups is 2. The van der Waals surface area contributed by atoms with Gasteiger partial charge in [-0.3, -0.25) is 9.59 Å². The Morgan fingerprint density at radius 1 is 1.04 bits per heavy atom. The van der Waals surface area contributed by atoms with Gasteiger partial charge in [0.05, 0.1) is 0 Å². The fourth-order valence-corrected chi connectivity index (χ4v) is 2.79. The highest BCUT2D eigenvalue weighted by atomic mass is 16.5. The van der Waals surface area contributed by atoms with Gasteiger partial charge in [0, 0.05) is 13.6 Å². The summed E-state index contributed by atoms with van der Waals surface area (Å²) in [5.41, 5.74) is 4.36. The van der Waals surface area contributed by atoms with Crippen LogP contribution >= 0.6 is 0 Å². The van der Waals surface area contributed by atoms with Crippen LogP contribution in [0.25, 0.3) is 0 Å². The van der Waals surface area contributed by atoms with Crippen molar-refractivity contribution in [1.82, 2.24) is 10.2 Å². The molecule has 0 saturated carbocycles. The number of nitrogens with zero attached hydrogens (tertiary/aromatic N) is 1. The van der Waals surface area contributed by atoms with Crippen molar-refractivity contribution < 1.29 is 14.3 Å². The first kappa shape index (κ1) is 20.5. The molecule has 0 spiro atoms. The van der Waals surface area contributed by atoms with Crippen molar-refractivity contribution in [3.05, 3.63) is 64.7 Å². The average molecular weight is 368 g/mol. The van der Waals surface area contributed by atoms with Crippen LogP contribution in [0.15, 0.2) is 42.5 Å². The minimum Gasteiger partial charge on any atom is -0.484 e. The second-order valence-electron chi connectivity index (χ2n) is 6.77. The third-order valence-corrected chi connectivity index (χ3v) is 4.86. The van der Waals surface area contributed by atoms with Crippen LogP contribution in [0.4, 0.5) is 0 Å². The Hall–Kier alpha value is -2.82. The van der Waals surface area contributed by atoms with E-state index in [1.54, 1.807) is 18.9 Å². The fourth-order valence-electron chi connectivity index (χ4n) is 2.79. The molecule has 0 aliphatic heterocycles. The maximum atomic E-state index is 12.9. The monoisotopic (exact) mass is 368 g/mol.